The molecule has 1 aliphatic carbocycles. The van der Waals surface area contributed by atoms with Gasteiger partial charge in [0.15, 0.2) is 17.0 Å². The van der Waals surface area contributed by atoms with Gasteiger partial charge in [-0.05, 0) is 32.6 Å². The van der Waals surface area contributed by atoms with Crippen molar-refractivity contribution >= 4 is 22.9 Å². The van der Waals surface area contributed by atoms with Crippen LogP contribution in [0.2, 0.25) is 0 Å². The summed E-state index contributed by atoms with van der Waals surface area (Å²) in [5.41, 5.74) is 2.36. The molecule has 2 atom stereocenters. The van der Waals surface area contributed by atoms with E-state index in [1.165, 1.54) is 0 Å². The zero-order chi connectivity index (χ0) is 20.8. The Balaban J connectivity index is 1.46. The predicted molar refractivity (Wildman–Crippen MR) is 113 cm³/mol. The van der Waals surface area contributed by atoms with Crippen LogP contribution in [0.15, 0.2) is 18.7 Å². The number of fused-ring (bicyclic) bond motifs is 1. The molecule has 2 aliphatic rings. The van der Waals surface area contributed by atoms with E-state index in [-0.39, 0.29) is 12.0 Å². The summed E-state index contributed by atoms with van der Waals surface area (Å²) in [7, 11) is 0. The fraction of sp³-hybridized carbons (Fsp3) is 0.524. The lowest BCUT2D eigenvalue weighted by Gasteiger charge is -2.17. The van der Waals surface area contributed by atoms with E-state index in [0.29, 0.717) is 24.2 Å². The molecule has 1 amide bonds. The van der Waals surface area contributed by atoms with Gasteiger partial charge in [-0.3, -0.25) is 4.79 Å². The summed E-state index contributed by atoms with van der Waals surface area (Å²) in [5.74, 6) is 3.11. The minimum atomic E-state index is 0.142. The second kappa shape index (κ2) is 7.30. The van der Waals surface area contributed by atoms with Gasteiger partial charge in [0.25, 0.3) is 0 Å². The van der Waals surface area contributed by atoms with Crippen molar-refractivity contribution in [2.45, 2.75) is 46.2 Å². The molecule has 3 aromatic rings. The van der Waals surface area contributed by atoms with Gasteiger partial charge in [0.05, 0.1) is 5.56 Å². The Morgan fingerprint density at radius 3 is 2.63 bits per heavy atom. The van der Waals surface area contributed by atoms with Crippen molar-refractivity contribution in [1.29, 1.82) is 0 Å². The molecule has 2 unspecified atom stereocenters. The van der Waals surface area contributed by atoms with Crippen LogP contribution >= 0.6 is 0 Å². The Labute approximate surface area is 175 Å². The summed E-state index contributed by atoms with van der Waals surface area (Å²) in [6.45, 7) is 8.32. The topological polar surface area (TPSA) is 102 Å². The third kappa shape index (κ3) is 3.28. The summed E-state index contributed by atoms with van der Waals surface area (Å²) < 4.78 is 2.05. The summed E-state index contributed by atoms with van der Waals surface area (Å²) in [6, 6.07) is 0.142. The normalized spacial score (nSPS) is 21.4. The van der Waals surface area contributed by atoms with Crippen LogP contribution in [0.25, 0.3) is 22.6 Å². The lowest BCUT2D eigenvalue weighted by Crippen LogP contribution is -2.32. The Bertz CT molecular complexity index is 1090. The van der Waals surface area contributed by atoms with E-state index >= 15 is 0 Å². The van der Waals surface area contributed by atoms with Crippen LogP contribution in [0, 0.1) is 18.8 Å². The number of hydrogen-bond acceptors (Lipinski definition) is 7. The monoisotopic (exact) mass is 406 g/mol. The standard InChI is InChI=1S/C21H26N8O/c1-4-29-19(15-7-22-13(3)23-8-15)27-17-18(24-11-25-20(17)29)26-16-10-28(9-12(16)2)21(30)14-5-6-14/h7-8,11-12,14,16H,4-6,9-10H2,1-3H3,(H,24,25,26). The fourth-order valence-electron chi connectivity index (χ4n) is 4.17. The molecule has 0 aromatic carbocycles. The molecular weight excluding hydrogens is 380 g/mol. The van der Waals surface area contributed by atoms with E-state index in [2.05, 4.69) is 43.7 Å². The molecule has 0 bridgehead atoms. The number of hydrogen-bond donors (Lipinski definition) is 1. The van der Waals surface area contributed by atoms with Crippen molar-refractivity contribution < 1.29 is 4.79 Å². The molecule has 4 heterocycles. The van der Waals surface area contributed by atoms with Gasteiger partial charge in [0, 0.05) is 44.0 Å². The van der Waals surface area contributed by atoms with Gasteiger partial charge in [-0.2, -0.15) is 0 Å². The number of anilines is 1. The first kappa shape index (κ1) is 18.9. The van der Waals surface area contributed by atoms with Gasteiger partial charge >= 0.3 is 0 Å². The maximum absolute atomic E-state index is 12.5. The molecule has 5 rings (SSSR count). The van der Waals surface area contributed by atoms with Crippen molar-refractivity contribution in [2.75, 3.05) is 18.4 Å². The van der Waals surface area contributed by atoms with Crippen molar-refractivity contribution in [3.05, 3.63) is 24.5 Å². The molecule has 1 N–H and O–H groups in total. The number of likely N-dealkylation sites (tertiary alicyclic amines) is 1. The Hall–Kier alpha value is -3.10. The van der Waals surface area contributed by atoms with E-state index < -0.39 is 0 Å². The summed E-state index contributed by atoms with van der Waals surface area (Å²) in [6.07, 6.45) is 7.22. The number of nitrogens with zero attached hydrogens (tertiary/aromatic N) is 7. The number of rotatable bonds is 5. The van der Waals surface area contributed by atoms with Crippen LogP contribution in [-0.4, -0.2) is 59.4 Å². The molecule has 2 fully saturated rings. The third-order valence-corrected chi connectivity index (χ3v) is 6.06. The number of carbonyl (C=O) groups excluding carboxylic acids is 1. The van der Waals surface area contributed by atoms with Crippen LogP contribution < -0.4 is 5.32 Å². The van der Waals surface area contributed by atoms with Gasteiger partial charge in [-0.15, -0.1) is 0 Å². The van der Waals surface area contributed by atoms with E-state index in [9.17, 15) is 4.79 Å². The second-order valence-corrected chi connectivity index (χ2v) is 8.34. The quantitative estimate of drug-likeness (QED) is 0.693. The number of aryl methyl sites for hydroxylation is 2. The lowest BCUT2D eigenvalue weighted by molar-refractivity contribution is -0.131. The molecule has 3 aromatic heterocycles. The first-order valence-electron chi connectivity index (χ1n) is 10.6. The fourth-order valence-corrected chi connectivity index (χ4v) is 4.17. The van der Waals surface area contributed by atoms with Gasteiger partial charge in [-0.25, -0.2) is 24.9 Å². The minimum absolute atomic E-state index is 0.142. The van der Waals surface area contributed by atoms with Gasteiger partial charge < -0.3 is 14.8 Å². The smallest absolute Gasteiger partial charge is 0.225 e. The van der Waals surface area contributed by atoms with Gasteiger partial charge in [0.1, 0.15) is 18.0 Å². The maximum atomic E-state index is 12.5. The largest absolute Gasteiger partial charge is 0.363 e. The zero-order valence-electron chi connectivity index (χ0n) is 17.5. The Kier molecular flexibility index (Phi) is 4.60. The van der Waals surface area contributed by atoms with Crippen LogP contribution in [0.4, 0.5) is 5.82 Å². The number of aromatic nitrogens is 6. The second-order valence-electron chi connectivity index (χ2n) is 8.34. The summed E-state index contributed by atoms with van der Waals surface area (Å²) >= 11 is 0. The van der Waals surface area contributed by atoms with Crippen LogP contribution in [0.3, 0.4) is 0 Å². The van der Waals surface area contributed by atoms with Crippen molar-refractivity contribution in [3.63, 3.8) is 0 Å². The van der Waals surface area contributed by atoms with Gasteiger partial charge in [-0.1, -0.05) is 6.92 Å². The highest BCUT2D eigenvalue weighted by atomic mass is 16.2. The first-order chi connectivity index (χ1) is 14.5. The molecule has 156 valence electrons. The molecular formula is C21H26N8O. The molecule has 9 heteroatoms. The van der Waals surface area contributed by atoms with E-state index in [4.69, 9.17) is 4.98 Å². The molecule has 0 radical (unpaired) electrons. The highest BCUT2D eigenvalue weighted by Gasteiger charge is 2.39. The van der Waals surface area contributed by atoms with Crippen LogP contribution in [0.1, 0.15) is 32.5 Å². The minimum Gasteiger partial charge on any atom is -0.363 e. The molecule has 1 saturated heterocycles. The Morgan fingerprint density at radius 2 is 1.93 bits per heavy atom. The zero-order valence-corrected chi connectivity index (χ0v) is 17.5. The number of imidazole rings is 1. The Morgan fingerprint density at radius 1 is 1.17 bits per heavy atom. The van der Waals surface area contributed by atoms with Gasteiger partial charge in [0.2, 0.25) is 5.91 Å². The van der Waals surface area contributed by atoms with Crippen molar-refractivity contribution in [1.82, 2.24) is 34.4 Å². The van der Waals surface area contributed by atoms with E-state index in [1.807, 2.05) is 11.8 Å². The lowest BCUT2D eigenvalue weighted by atomic mass is 10.1. The van der Waals surface area contributed by atoms with E-state index in [0.717, 1.165) is 54.3 Å². The van der Waals surface area contributed by atoms with E-state index in [1.54, 1.807) is 18.7 Å². The predicted octanol–water partition coefficient (Wildman–Crippen LogP) is 2.28. The molecule has 1 aliphatic heterocycles. The third-order valence-electron chi connectivity index (χ3n) is 6.06. The number of carbonyl (C=O) groups is 1. The summed E-state index contributed by atoms with van der Waals surface area (Å²) in [4.78, 5) is 36.9. The molecule has 9 nitrogen and oxygen atoms in total. The van der Waals surface area contributed by atoms with Crippen LogP contribution in [-0.2, 0) is 11.3 Å². The molecule has 30 heavy (non-hydrogen) atoms. The number of nitrogens with one attached hydrogen (secondary N) is 1. The summed E-state index contributed by atoms with van der Waals surface area (Å²) in [5, 5.41) is 3.55. The SMILES string of the molecule is CCn1c(-c2cnc(C)nc2)nc2c(NC3CN(C(=O)C4CC4)CC3C)ncnc21. The first-order valence-corrected chi connectivity index (χ1v) is 10.6. The van der Waals surface area contributed by atoms with Crippen molar-refractivity contribution in [2.24, 2.45) is 11.8 Å². The average Bonchev–Trinajstić information content (AvgIpc) is 3.44. The van der Waals surface area contributed by atoms with Crippen LogP contribution in [0.5, 0.6) is 0 Å². The molecule has 0 spiro atoms. The van der Waals surface area contributed by atoms with Crippen molar-refractivity contribution in [3.8, 4) is 11.4 Å². The molecule has 1 saturated carbocycles. The number of amides is 1. The highest BCUT2D eigenvalue weighted by Crippen LogP contribution is 2.34. The maximum Gasteiger partial charge on any atom is 0.225 e. The average molecular weight is 406 g/mol. The highest BCUT2D eigenvalue weighted by molar-refractivity contribution is 5.86.